The van der Waals surface area contributed by atoms with Crippen LogP contribution in [0.5, 0.6) is 5.75 Å². The molecule has 0 fully saturated rings. The number of H-pyrrole nitrogens is 1. The molecule has 0 spiro atoms. The minimum absolute atomic E-state index is 0.0692. The van der Waals surface area contributed by atoms with Crippen molar-refractivity contribution in [3.8, 4) is 5.75 Å². The van der Waals surface area contributed by atoms with E-state index in [2.05, 4.69) is 29.9 Å². The van der Waals surface area contributed by atoms with Crippen LogP contribution in [-0.4, -0.2) is 22.3 Å². The minimum Gasteiger partial charge on any atom is -0.493 e. The molecule has 0 radical (unpaired) electrons. The second kappa shape index (κ2) is 6.80. The molecule has 2 rings (SSSR count). The van der Waals surface area contributed by atoms with Gasteiger partial charge in [0.15, 0.2) is 5.16 Å². The van der Waals surface area contributed by atoms with Crippen molar-refractivity contribution in [2.24, 2.45) is 0 Å². The van der Waals surface area contributed by atoms with Gasteiger partial charge >= 0.3 is 0 Å². The zero-order valence-corrected chi connectivity index (χ0v) is 13.6. The third-order valence-corrected chi connectivity index (χ3v) is 4.00. The van der Waals surface area contributed by atoms with Crippen LogP contribution in [0.3, 0.4) is 0 Å². The summed E-state index contributed by atoms with van der Waals surface area (Å²) in [7, 11) is 0. The molecule has 0 atom stereocenters. The Morgan fingerprint density at radius 2 is 1.81 bits per heavy atom. The molecule has 5 heteroatoms. The number of ether oxygens (including phenoxy) is 1. The number of aryl methyl sites for hydroxylation is 3. The highest BCUT2D eigenvalue weighted by Gasteiger charge is 2.04. The number of aromatic amines is 1. The molecule has 4 nitrogen and oxygen atoms in total. The lowest BCUT2D eigenvalue weighted by Gasteiger charge is -2.08. The highest BCUT2D eigenvalue weighted by molar-refractivity contribution is 7.99. The van der Waals surface area contributed by atoms with Gasteiger partial charge in [-0.15, -0.1) is 0 Å². The van der Waals surface area contributed by atoms with Crippen LogP contribution < -0.4 is 10.3 Å². The van der Waals surface area contributed by atoms with Crippen molar-refractivity contribution in [2.75, 3.05) is 12.4 Å². The maximum absolute atomic E-state index is 11.6. The van der Waals surface area contributed by atoms with Crippen molar-refractivity contribution in [3.63, 3.8) is 0 Å². The monoisotopic (exact) mass is 304 g/mol. The van der Waals surface area contributed by atoms with Crippen molar-refractivity contribution in [1.29, 1.82) is 0 Å². The Kier molecular flexibility index (Phi) is 5.07. The lowest BCUT2D eigenvalue weighted by molar-refractivity contribution is 0.343. The maximum atomic E-state index is 11.6. The predicted molar refractivity (Wildman–Crippen MR) is 86.5 cm³/mol. The van der Waals surface area contributed by atoms with Gasteiger partial charge in [-0.05, 0) is 51.0 Å². The quantitative estimate of drug-likeness (QED) is 0.524. The summed E-state index contributed by atoms with van der Waals surface area (Å²) in [5, 5.41) is 0.645. The third kappa shape index (κ3) is 4.36. The number of aromatic nitrogens is 2. The van der Waals surface area contributed by atoms with E-state index in [1.165, 1.54) is 22.9 Å². The Labute approximate surface area is 129 Å². The van der Waals surface area contributed by atoms with E-state index in [0.717, 1.165) is 17.2 Å². The fraction of sp³-hybridized carbons (Fsp3) is 0.375. The second-order valence-electron chi connectivity index (χ2n) is 5.10. The summed E-state index contributed by atoms with van der Waals surface area (Å²) >= 11 is 1.49. The van der Waals surface area contributed by atoms with Crippen LogP contribution in [0.4, 0.5) is 0 Å². The van der Waals surface area contributed by atoms with E-state index in [4.69, 9.17) is 4.74 Å². The van der Waals surface area contributed by atoms with Crippen molar-refractivity contribution >= 4 is 11.8 Å². The summed E-state index contributed by atoms with van der Waals surface area (Å²) in [6.45, 7) is 8.31. The molecule has 21 heavy (non-hydrogen) atoms. The number of nitrogens with one attached hydrogen (secondary N) is 1. The molecule has 0 amide bonds. The van der Waals surface area contributed by atoms with Crippen molar-refractivity contribution < 1.29 is 4.74 Å². The molecule has 0 aliphatic rings. The standard InChI is InChI=1S/C16H20N2O2S/c1-10-7-11(2)9-14(8-10)20-5-6-21-16-17-13(4)12(3)15(19)18-16/h7-9H,5-6H2,1-4H3,(H,17,18,19). The van der Waals surface area contributed by atoms with Gasteiger partial charge in [-0.1, -0.05) is 17.8 Å². The van der Waals surface area contributed by atoms with Gasteiger partial charge in [-0.2, -0.15) is 0 Å². The first-order valence-corrected chi connectivity index (χ1v) is 7.85. The van der Waals surface area contributed by atoms with Gasteiger partial charge < -0.3 is 9.72 Å². The van der Waals surface area contributed by atoms with E-state index >= 15 is 0 Å². The molecular formula is C16H20N2O2S. The number of hydrogen-bond donors (Lipinski definition) is 1. The number of thioether (sulfide) groups is 1. The largest absolute Gasteiger partial charge is 0.493 e. The number of rotatable bonds is 5. The zero-order valence-electron chi connectivity index (χ0n) is 12.8. The van der Waals surface area contributed by atoms with Crippen LogP contribution >= 0.6 is 11.8 Å². The van der Waals surface area contributed by atoms with Crippen molar-refractivity contribution in [2.45, 2.75) is 32.9 Å². The molecular weight excluding hydrogens is 284 g/mol. The van der Waals surface area contributed by atoms with Crippen LogP contribution in [0, 0.1) is 27.7 Å². The molecule has 0 saturated heterocycles. The molecule has 0 bridgehead atoms. The second-order valence-corrected chi connectivity index (χ2v) is 6.19. The van der Waals surface area contributed by atoms with Crippen LogP contribution in [0.2, 0.25) is 0 Å². The first-order chi connectivity index (χ1) is 9.95. The van der Waals surface area contributed by atoms with Gasteiger partial charge in [0.25, 0.3) is 5.56 Å². The lowest BCUT2D eigenvalue weighted by Crippen LogP contribution is -2.14. The average molecular weight is 304 g/mol. The summed E-state index contributed by atoms with van der Waals surface area (Å²) in [6.07, 6.45) is 0. The molecule has 0 aliphatic heterocycles. The zero-order chi connectivity index (χ0) is 15.4. The third-order valence-electron chi connectivity index (χ3n) is 3.16. The average Bonchev–Trinajstić information content (AvgIpc) is 2.40. The van der Waals surface area contributed by atoms with Crippen LogP contribution in [-0.2, 0) is 0 Å². The fourth-order valence-corrected chi connectivity index (χ4v) is 2.73. The normalized spacial score (nSPS) is 10.7. The van der Waals surface area contributed by atoms with E-state index in [9.17, 15) is 4.79 Å². The van der Waals surface area contributed by atoms with Gasteiger partial charge in [0.2, 0.25) is 0 Å². The Balaban J connectivity index is 1.89. The Morgan fingerprint density at radius 3 is 2.43 bits per heavy atom. The Morgan fingerprint density at radius 1 is 1.14 bits per heavy atom. The van der Waals surface area contributed by atoms with Gasteiger partial charge in [-0.3, -0.25) is 4.79 Å². The summed E-state index contributed by atoms with van der Waals surface area (Å²) in [4.78, 5) is 18.8. The molecule has 1 heterocycles. The summed E-state index contributed by atoms with van der Waals surface area (Å²) < 4.78 is 5.73. The highest BCUT2D eigenvalue weighted by atomic mass is 32.2. The van der Waals surface area contributed by atoms with Gasteiger partial charge in [0.05, 0.1) is 6.61 Å². The molecule has 112 valence electrons. The summed E-state index contributed by atoms with van der Waals surface area (Å²) in [5.74, 6) is 1.62. The molecule has 0 unspecified atom stereocenters. The first-order valence-electron chi connectivity index (χ1n) is 6.87. The fourth-order valence-electron chi connectivity index (χ4n) is 2.00. The van der Waals surface area contributed by atoms with Gasteiger partial charge in [0.1, 0.15) is 5.75 Å². The molecule has 0 saturated carbocycles. The first kappa shape index (κ1) is 15.6. The molecule has 2 aromatic rings. The van der Waals surface area contributed by atoms with Crippen molar-refractivity contribution in [1.82, 2.24) is 9.97 Å². The number of nitrogens with zero attached hydrogens (tertiary/aromatic N) is 1. The smallest absolute Gasteiger partial charge is 0.254 e. The van der Waals surface area contributed by atoms with E-state index < -0.39 is 0 Å². The molecule has 1 aromatic carbocycles. The highest BCUT2D eigenvalue weighted by Crippen LogP contribution is 2.17. The van der Waals surface area contributed by atoms with E-state index in [1.807, 2.05) is 19.1 Å². The van der Waals surface area contributed by atoms with E-state index in [0.29, 0.717) is 17.3 Å². The van der Waals surface area contributed by atoms with Crippen LogP contribution in [0.25, 0.3) is 0 Å². The van der Waals surface area contributed by atoms with Gasteiger partial charge in [-0.25, -0.2) is 4.98 Å². The minimum atomic E-state index is -0.0692. The van der Waals surface area contributed by atoms with Gasteiger partial charge in [0, 0.05) is 17.0 Å². The Bertz CT molecular complexity index is 675. The topological polar surface area (TPSA) is 55.0 Å². The molecule has 1 N–H and O–H groups in total. The molecule has 1 aromatic heterocycles. The molecule has 0 aliphatic carbocycles. The van der Waals surface area contributed by atoms with Crippen LogP contribution in [0.15, 0.2) is 28.2 Å². The number of benzene rings is 1. The Hall–Kier alpha value is -1.75. The SMILES string of the molecule is Cc1cc(C)cc(OCCSc2nc(C)c(C)c(=O)[nH]2)c1. The van der Waals surface area contributed by atoms with Crippen LogP contribution in [0.1, 0.15) is 22.4 Å². The van der Waals surface area contributed by atoms with E-state index in [1.54, 1.807) is 6.92 Å². The number of hydrogen-bond acceptors (Lipinski definition) is 4. The van der Waals surface area contributed by atoms with E-state index in [-0.39, 0.29) is 5.56 Å². The lowest BCUT2D eigenvalue weighted by atomic mass is 10.1. The van der Waals surface area contributed by atoms with Crippen molar-refractivity contribution in [3.05, 3.63) is 50.9 Å². The summed E-state index contributed by atoms with van der Waals surface area (Å²) in [5.41, 5.74) is 3.76. The summed E-state index contributed by atoms with van der Waals surface area (Å²) in [6, 6.07) is 6.16. The maximum Gasteiger partial charge on any atom is 0.254 e. The predicted octanol–water partition coefficient (Wildman–Crippen LogP) is 3.17.